The van der Waals surface area contributed by atoms with Crippen molar-refractivity contribution < 1.29 is 13.9 Å². The molecule has 2 saturated heterocycles. The minimum absolute atomic E-state index is 0.0875. The summed E-state index contributed by atoms with van der Waals surface area (Å²) in [7, 11) is 2.10. The van der Waals surface area contributed by atoms with E-state index in [9.17, 15) is 9.18 Å². The normalized spacial score (nSPS) is 19.3. The topological polar surface area (TPSA) is 48.1 Å². The third-order valence-corrected chi connectivity index (χ3v) is 5.99. The molecule has 30 heavy (non-hydrogen) atoms. The fourth-order valence-electron chi connectivity index (χ4n) is 4.23. The van der Waals surface area contributed by atoms with Crippen LogP contribution in [-0.2, 0) is 13.1 Å². The molecule has 160 valence electrons. The van der Waals surface area contributed by atoms with Crippen LogP contribution in [0.25, 0.3) is 0 Å². The Morgan fingerprint density at radius 2 is 1.60 bits per heavy atom. The molecule has 1 N–H and O–H groups in total. The van der Waals surface area contributed by atoms with Crippen molar-refractivity contribution in [1.29, 1.82) is 0 Å². The fraction of sp³-hybridized carbons (Fsp3) is 0.435. The van der Waals surface area contributed by atoms with Gasteiger partial charge in [0.15, 0.2) is 0 Å². The number of ether oxygens (including phenoxy) is 1. The number of carbonyl (C=O) groups is 1. The van der Waals surface area contributed by atoms with E-state index in [0.717, 1.165) is 42.8 Å². The molecule has 0 aromatic heterocycles. The van der Waals surface area contributed by atoms with Crippen LogP contribution in [0, 0.1) is 5.82 Å². The number of hydrazine groups is 1. The van der Waals surface area contributed by atoms with E-state index >= 15 is 0 Å². The van der Waals surface area contributed by atoms with E-state index in [1.807, 2.05) is 31.2 Å². The summed E-state index contributed by atoms with van der Waals surface area (Å²) in [4.78, 5) is 15.3. The third-order valence-electron chi connectivity index (χ3n) is 5.99. The maximum Gasteiger partial charge on any atom is 0.333 e. The lowest BCUT2D eigenvalue weighted by Crippen LogP contribution is -2.58. The average Bonchev–Trinajstić information content (AvgIpc) is 2.98. The van der Waals surface area contributed by atoms with Gasteiger partial charge in [-0.15, -0.1) is 0 Å². The molecule has 2 fully saturated rings. The molecule has 2 aliphatic rings. The molecule has 7 heteroatoms. The Morgan fingerprint density at radius 3 is 2.23 bits per heavy atom. The number of benzene rings is 2. The summed E-state index contributed by atoms with van der Waals surface area (Å²) in [5, 5.41) is 7.20. The van der Waals surface area contributed by atoms with Crippen molar-refractivity contribution in [3.8, 4) is 5.75 Å². The highest BCUT2D eigenvalue weighted by molar-refractivity contribution is 5.77. The molecule has 6 nitrogen and oxygen atoms in total. The number of urea groups is 1. The van der Waals surface area contributed by atoms with Crippen LogP contribution in [0.5, 0.6) is 5.75 Å². The van der Waals surface area contributed by atoms with E-state index in [2.05, 4.69) is 22.3 Å². The number of hydrogen-bond donors (Lipinski definition) is 1. The summed E-state index contributed by atoms with van der Waals surface area (Å²) in [6.07, 6.45) is 1.69. The van der Waals surface area contributed by atoms with Gasteiger partial charge in [0.1, 0.15) is 17.2 Å². The largest absolute Gasteiger partial charge is 0.494 e. The molecule has 2 heterocycles. The van der Waals surface area contributed by atoms with Crippen molar-refractivity contribution in [2.75, 3.05) is 26.7 Å². The van der Waals surface area contributed by atoms with Gasteiger partial charge in [0.25, 0.3) is 0 Å². The lowest BCUT2D eigenvalue weighted by Gasteiger charge is -2.44. The highest BCUT2D eigenvalue weighted by Crippen LogP contribution is 2.35. The Balaban J connectivity index is 1.59. The molecule has 0 aliphatic carbocycles. The van der Waals surface area contributed by atoms with Gasteiger partial charge in [0, 0.05) is 19.6 Å². The van der Waals surface area contributed by atoms with Gasteiger partial charge in [-0.3, -0.25) is 5.01 Å². The second kappa shape index (κ2) is 8.62. The van der Waals surface area contributed by atoms with Gasteiger partial charge in [-0.2, -0.15) is 5.01 Å². The first-order valence-corrected chi connectivity index (χ1v) is 10.5. The second-order valence-electron chi connectivity index (χ2n) is 8.08. The highest BCUT2D eigenvalue weighted by Gasteiger charge is 2.50. The van der Waals surface area contributed by atoms with Crippen molar-refractivity contribution >= 4 is 6.03 Å². The quantitative estimate of drug-likeness (QED) is 0.788. The van der Waals surface area contributed by atoms with Crippen LogP contribution in [0.3, 0.4) is 0 Å². The monoisotopic (exact) mass is 412 g/mol. The third kappa shape index (κ3) is 4.27. The fourth-order valence-corrected chi connectivity index (χ4v) is 4.23. The molecule has 0 bridgehead atoms. The van der Waals surface area contributed by atoms with E-state index in [1.54, 1.807) is 17.1 Å². The van der Waals surface area contributed by atoms with Crippen LogP contribution in [-0.4, -0.2) is 53.4 Å². The Kier molecular flexibility index (Phi) is 5.92. The predicted octanol–water partition coefficient (Wildman–Crippen LogP) is 3.59. The Hall–Kier alpha value is -2.64. The van der Waals surface area contributed by atoms with Crippen molar-refractivity contribution in [2.24, 2.45) is 0 Å². The number of nitrogens with zero attached hydrogens (tertiary/aromatic N) is 3. The Bertz CT molecular complexity index is 864. The van der Waals surface area contributed by atoms with Gasteiger partial charge in [-0.05, 0) is 62.2 Å². The van der Waals surface area contributed by atoms with E-state index in [-0.39, 0.29) is 11.8 Å². The molecular formula is C23H29FN4O2. The van der Waals surface area contributed by atoms with Crippen LogP contribution in [0.1, 0.15) is 30.9 Å². The van der Waals surface area contributed by atoms with E-state index in [0.29, 0.717) is 19.7 Å². The summed E-state index contributed by atoms with van der Waals surface area (Å²) in [6, 6.07) is 14.3. The number of amides is 2. The summed E-state index contributed by atoms with van der Waals surface area (Å²) in [5.41, 5.74) is 1.59. The van der Waals surface area contributed by atoms with Gasteiger partial charge >= 0.3 is 6.03 Å². The summed E-state index contributed by atoms with van der Waals surface area (Å²) in [5.74, 6) is 0.566. The predicted molar refractivity (Wildman–Crippen MR) is 113 cm³/mol. The van der Waals surface area contributed by atoms with Crippen LogP contribution in [0.4, 0.5) is 9.18 Å². The maximum atomic E-state index is 13.4. The van der Waals surface area contributed by atoms with E-state index < -0.39 is 5.66 Å². The molecular weight excluding hydrogens is 383 g/mol. The first-order chi connectivity index (χ1) is 14.5. The van der Waals surface area contributed by atoms with Crippen molar-refractivity contribution in [3.63, 3.8) is 0 Å². The highest BCUT2D eigenvalue weighted by atomic mass is 19.1. The molecule has 0 saturated carbocycles. The van der Waals surface area contributed by atoms with Gasteiger partial charge in [-0.1, -0.05) is 24.3 Å². The summed E-state index contributed by atoms with van der Waals surface area (Å²) >= 11 is 0. The SMILES string of the molecule is CCOc1ccc(CN2C(=O)NC3(CCN(C)CC3)N2Cc2ccc(F)cc2)cc1. The first kappa shape index (κ1) is 20.6. The molecule has 2 aromatic rings. The van der Waals surface area contributed by atoms with E-state index in [4.69, 9.17) is 4.74 Å². The smallest absolute Gasteiger partial charge is 0.333 e. The van der Waals surface area contributed by atoms with Gasteiger partial charge in [-0.25, -0.2) is 9.18 Å². The van der Waals surface area contributed by atoms with Crippen LogP contribution < -0.4 is 10.1 Å². The van der Waals surface area contributed by atoms with Crippen LogP contribution >= 0.6 is 0 Å². The van der Waals surface area contributed by atoms with Gasteiger partial charge in [0.2, 0.25) is 0 Å². The molecule has 2 amide bonds. The number of likely N-dealkylation sites (tertiary alicyclic amines) is 1. The minimum atomic E-state index is -0.413. The Morgan fingerprint density at radius 1 is 1.00 bits per heavy atom. The second-order valence-corrected chi connectivity index (χ2v) is 8.08. The summed E-state index contributed by atoms with van der Waals surface area (Å²) < 4.78 is 18.9. The molecule has 0 atom stereocenters. The number of nitrogens with one attached hydrogen (secondary N) is 1. The lowest BCUT2D eigenvalue weighted by molar-refractivity contribution is -0.0769. The van der Waals surface area contributed by atoms with Gasteiger partial charge < -0.3 is 15.0 Å². The van der Waals surface area contributed by atoms with Crippen molar-refractivity contribution in [2.45, 2.75) is 38.5 Å². The number of hydrogen-bond acceptors (Lipinski definition) is 4. The zero-order valence-electron chi connectivity index (χ0n) is 17.6. The minimum Gasteiger partial charge on any atom is -0.494 e. The molecule has 4 rings (SSSR count). The molecule has 1 spiro atoms. The summed E-state index contributed by atoms with van der Waals surface area (Å²) in [6.45, 7) is 5.41. The van der Waals surface area contributed by atoms with Crippen LogP contribution in [0.2, 0.25) is 0 Å². The first-order valence-electron chi connectivity index (χ1n) is 10.5. The number of rotatable bonds is 6. The van der Waals surface area contributed by atoms with Gasteiger partial charge in [0.05, 0.1) is 13.2 Å². The molecule has 0 unspecified atom stereocenters. The van der Waals surface area contributed by atoms with Crippen molar-refractivity contribution in [1.82, 2.24) is 20.2 Å². The standard InChI is InChI=1S/C23H29FN4O2/c1-3-30-21-10-6-18(7-11-21)16-27-22(29)25-23(12-14-26(2)15-13-23)28(27)17-19-4-8-20(24)9-5-19/h4-11H,3,12-17H2,1-2H3,(H,25,29). The average molecular weight is 413 g/mol. The molecule has 2 aromatic carbocycles. The number of halogens is 1. The van der Waals surface area contributed by atoms with Crippen molar-refractivity contribution in [3.05, 3.63) is 65.5 Å². The zero-order chi connectivity index (χ0) is 21.1. The van der Waals surface area contributed by atoms with E-state index in [1.165, 1.54) is 12.1 Å². The number of piperidine rings is 1. The lowest BCUT2D eigenvalue weighted by atomic mass is 9.96. The number of carbonyl (C=O) groups excluding carboxylic acids is 1. The zero-order valence-corrected chi connectivity index (χ0v) is 17.6. The molecule has 0 radical (unpaired) electrons. The Labute approximate surface area is 177 Å². The van der Waals surface area contributed by atoms with Crippen LogP contribution in [0.15, 0.2) is 48.5 Å². The molecule has 2 aliphatic heterocycles. The maximum absolute atomic E-state index is 13.4.